The molecule has 1 aliphatic carbocycles. The van der Waals surface area contributed by atoms with E-state index >= 15 is 0 Å². The van der Waals surface area contributed by atoms with Gasteiger partial charge < -0.3 is 25.4 Å². The number of ether oxygens (including phenoxy) is 2. The van der Waals surface area contributed by atoms with E-state index in [9.17, 15) is 15.0 Å². The van der Waals surface area contributed by atoms with Crippen LogP contribution in [-0.2, 0) is 14.3 Å². The number of amidine groups is 2. The molecule has 0 aromatic heterocycles. The van der Waals surface area contributed by atoms with Gasteiger partial charge in [0.2, 0.25) is 0 Å². The Morgan fingerprint density at radius 1 is 1.41 bits per heavy atom. The van der Waals surface area contributed by atoms with Crippen molar-refractivity contribution in [3.05, 3.63) is 0 Å². The van der Waals surface area contributed by atoms with Crippen molar-refractivity contribution in [1.29, 1.82) is 0 Å². The summed E-state index contributed by atoms with van der Waals surface area (Å²) in [4.78, 5) is 20.1. The van der Waals surface area contributed by atoms with Crippen LogP contribution in [0.5, 0.6) is 0 Å². The minimum atomic E-state index is -1.17. The Morgan fingerprint density at radius 3 is 2.89 bits per heavy atom. The molecule has 0 saturated heterocycles. The molecule has 0 radical (unpaired) electrons. The number of methoxy groups -OCH3 is 1. The Hall–Kier alpha value is -1.76. The quantitative estimate of drug-likeness (QED) is 0.494. The van der Waals surface area contributed by atoms with Gasteiger partial charge in [0, 0.05) is 12.2 Å². The van der Waals surface area contributed by atoms with Gasteiger partial charge in [0.25, 0.3) is 0 Å². The van der Waals surface area contributed by atoms with Crippen molar-refractivity contribution in [3.63, 3.8) is 0 Å². The lowest BCUT2D eigenvalue weighted by Gasteiger charge is -2.31. The van der Waals surface area contributed by atoms with Crippen LogP contribution in [0, 0.1) is 0 Å². The van der Waals surface area contributed by atoms with Crippen LogP contribution in [-0.4, -0.2) is 88.2 Å². The van der Waals surface area contributed by atoms with Gasteiger partial charge in [-0.2, -0.15) is 5.11 Å². The van der Waals surface area contributed by atoms with Crippen LogP contribution in [0.25, 0.3) is 0 Å². The molecule has 2 aliphatic heterocycles. The zero-order chi connectivity index (χ0) is 19.6. The SMILES string of the molecule is CCCSC1=NC2C(N=NN2C2CC(OCC(=O)OC)C(O)C2O)C(N)=N1. The number of rotatable bonds is 6. The Kier molecular flexibility index (Phi) is 6.29. The van der Waals surface area contributed by atoms with Gasteiger partial charge in [-0.05, 0) is 6.42 Å². The second-order valence-corrected chi connectivity index (χ2v) is 7.51. The number of hydrogen-bond donors (Lipinski definition) is 3. The molecule has 12 heteroatoms. The fourth-order valence-electron chi connectivity index (χ4n) is 3.19. The number of esters is 1. The van der Waals surface area contributed by atoms with Crippen molar-refractivity contribution in [2.75, 3.05) is 19.5 Å². The van der Waals surface area contributed by atoms with E-state index in [1.54, 1.807) is 5.01 Å². The smallest absolute Gasteiger partial charge is 0.331 e. The van der Waals surface area contributed by atoms with Crippen molar-refractivity contribution >= 4 is 28.7 Å². The number of nitrogens with zero attached hydrogens (tertiary/aromatic N) is 5. The van der Waals surface area contributed by atoms with Crippen molar-refractivity contribution in [1.82, 2.24) is 5.01 Å². The van der Waals surface area contributed by atoms with Crippen molar-refractivity contribution < 1.29 is 24.5 Å². The van der Waals surface area contributed by atoms with Gasteiger partial charge in [0.05, 0.1) is 19.3 Å². The predicted octanol–water partition coefficient (Wildman–Crippen LogP) is -0.714. The minimum absolute atomic E-state index is 0.256. The monoisotopic (exact) mass is 400 g/mol. The first kappa shape index (κ1) is 20.0. The Morgan fingerprint density at radius 2 is 2.19 bits per heavy atom. The van der Waals surface area contributed by atoms with Gasteiger partial charge in [-0.25, -0.2) is 19.8 Å². The lowest BCUT2D eigenvalue weighted by atomic mass is 10.1. The van der Waals surface area contributed by atoms with Crippen LogP contribution in [0.15, 0.2) is 20.3 Å². The second-order valence-electron chi connectivity index (χ2n) is 6.45. The minimum Gasteiger partial charge on any atom is -0.467 e. The van der Waals surface area contributed by atoms with Gasteiger partial charge in [0.1, 0.15) is 24.7 Å². The molecule has 3 rings (SSSR count). The summed E-state index contributed by atoms with van der Waals surface area (Å²) in [6, 6.07) is -1.09. The van der Waals surface area contributed by atoms with Crippen molar-refractivity contribution in [2.45, 2.75) is 56.3 Å². The predicted molar refractivity (Wildman–Crippen MR) is 98.3 cm³/mol. The summed E-state index contributed by atoms with van der Waals surface area (Å²) in [5.41, 5.74) is 6.02. The Bertz CT molecular complexity index is 659. The fourth-order valence-corrected chi connectivity index (χ4v) is 3.93. The molecule has 150 valence electrons. The first-order valence-corrected chi connectivity index (χ1v) is 9.73. The molecular formula is C15H24N6O5S. The van der Waals surface area contributed by atoms with Crippen LogP contribution >= 0.6 is 11.8 Å². The van der Waals surface area contributed by atoms with Crippen LogP contribution < -0.4 is 5.73 Å². The van der Waals surface area contributed by atoms with Crippen LogP contribution in [0.4, 0.5) is 0 Å². The second kappa shape index (κ2) is 8.50. The maximum Gasteiger partial charge on any atom is 0.331 e. The lowest BCUT2D eigenvalue weighted by molar-refractivity contribution is -0.150. The topological polar surface area (TPSA) is 155 Å². The van der Waals surface area contributed by atoms with Gasteiger partial charge in [0.15, 0.2) is 17.4 Å². The lowest BCUT2D eigenvalue weighted by Crippen LogP contribution is -2.50. The molecule has 4 N–H and O–H groups in total. The highest BCUT2D eigenvalue weighted by Gasteiger charge is 2.51. The average Bonchev–Trinajstić information content (AvgIpc) is 3.20. The number of nitrogens with two attached hydrogens (primary N) is 1. The molecule has 0 bridgehead atoms. The third-order valence-electron chi connectivity index (χ3n) is 4.62. The molecule has 0 aromatic carbocycles. The highest BCUT2D eigenvalue weighted by atomic mass is 32.2. The number of hydrogen-bond acceptors (Lipinski definition) is 12. The van der Waals surface area contributed by atoms with Gasteiger partial charge >= 0.3 is 5.97 Å². The molecule has 0 spiro atoms. The number of aliphatic imine (C=N–C) groups is 2. The summed E-state index contributed by atoms with van der Waals surface area (Å²) in [5.74, 6) is 0.626. The molecule has 6 atom stereocenters. The third kappa shape index (κ3) is 4.08. The largest absolute Gasteiger partial charge is 0.467 e. The standard InChI is InChI=1S/C15H24N6O5S/c1-3-4-27-15-17-13(16)10-14(18-15)21(20-19-10)7-5-8(12(24)11(7)23)26-6-9(22)25-2/h7-8,10-12,14,23-24H,3-6H2,1-2H3,(H2,16,17,18). The Balaban J connectivity index is 1.70. The number of carbonyl (C=O) groups excluding carboxylic acids is 1. The maximum absolute atomic E-state index is 11.3. The summed E-state index contributed by atoms with van der Waals surface area (Å²) in [6.07, 6.45) is -2.32. The maximum atomic E-state index is 11.3. The van der Waals surface area contributed by atoms with E-state index in [1.807, 2.05) is 0 Å². The summed E-state index contributed by atoms with van der Waals surface area (Å²) >= 11 is 1.49. The molecule has 3 aliphatic rings. The van der Waals surface area contributed by atoms with Crippen LogP contribution in [0.3, 0.4) is 0 Å². The van der Waals surface area contributed by atoms with E-state index < -0.39 is 42.5 Å². The highest BCUT2D eigenvalue weighted by molar-refractivity contribution is 8.13. The number of fused-ring (bicyclic) bond motifs is 1. The summed E-state index contributed by atoms with van der Waals surface area (Å²) in [6.45, 7) is 1.75. The third-order valence-corrected chi connectivity index (χ3v) is 5.69. The van der Waals surface area contributed by atoms with E-state index in [1.165, 1.54) is 18.9 Å². The van der Waals surface area contributed by atoms with Crippen LogP contribution in [0.2, 0.25) is 0 Å². The molecule has 11 nitrogen and oxygen atoms in total. The zero-order valence-corrected chi connectivity index (χ0v) is 15.9. The fraction of sp³-hybridized carbons (Fsp3) is 0.800. The van der Waals surface area contributed by atoms with Gasteiger partial charge in [-0.1, -0.05) is 23.9 Å². The van der Waals surface area contributed by atoms with E-state index in [2.05, 4.69) is 32.0 Å². The first-order valence-electron chi connectivity index (χ1n) is 8.74. The molecule has 1 saturated carbocycles. The van der Waals surface area contributed by atoms with Gasteiger partial charge in [-0.3, -0.25) is 0 Å². The van der Waals surface area contributed by atoms with Crippen LogP contribution in [0.1, 0.15) is 19.8 Å². The molecule has 0 aromatic rings. The Labute approximate surface area is 160 Å². The molecule has 1 fully saturated rings. The zero-order valence-electron chi connectivity index (χ0n) is 15.1. The highest BCUT2D eigenvalue weighted by Crippen LogP contribution is 2.34. The average molecular weight is 400 g/mol. The molecular weight excluding hydrogens is 376 g/mol. The molecule has 27 heavy (non-hydrogen) atoms. The first-order chi connectivity index (χ1) is 13.0. The summed E-state index contributed by atoms with van der Waals surface area (Å²) < 4.78 is 9.91. The molecule has 2 heterocycles. The molecule has 6 unspecified atom stereocenters. The van der Waals surface area contributed by atoms with E-state index in [-0.39, 0.29) is 13.0 Å². The van der Waals surface area contributed by atoms with E-state index in [0.29, 0.717) is 11.0 Å². The van der Waals surface area contributed by atoms with E-state index in [4.69, 9.17) is 10.5 Å². The summed E-state index contributed by atoms with van der Waals surface area (Å²) in [5, 5.41) is 31.1. The number of carbonyl (C=O) groups is 1. The number of aliphatic hydroxyl groups excluding tert-OH is 2. The number of aliphatic hydroxyl groups is 2. The van der Waals surface area contributed by atoms with Crippen molar-refractivity contribution in [3.8, 4) is 0 Å². The van der Waals surface area contributed by atoms with Gasteiger partial charge in [-0.15, -0.1) is 0 Å². The normalized spacial score (nSPS) is 35.0. The molecule has 0 amide bonds. The van der Waals surface area contributed by atoms with Crippen molar-refractivity contribution in [2.24, 2.45) is 26.1 Å². The summed E-state index contributed by atoms with van der Waals surface area (Å²) in [7, 11) is 1.25. The number of thioether (sulfide) groups is 1. The van der Waals surface area contributed by atoms with E-state index in [0.717, 1.165) is 12.2 Å².